The third-order valence-corrected chi connectivity index (χ3v) is 2.61. The number of carbonyl (C=O) groups is 1. The molecule has 0 aromatic heterocycles. The molecule has 0 unspecified atom stereocenters. The number of benzene rings is 1. The second-order valence-electron chi connectivity index (χ2n) is 4.90. The quantitative estimate of drug-likeness (QED) is 0.752. The van der Waals surface area contributed by atoms with Crippen LogP contribution in [0.4, 0.5) is 18.0 Å². The van der Waals surface area contributed by atoms with Crippen LogP contribution < -0.4 is 15.4 Å². The van der Waals surface area contributed by atoms with Gasteiger partial charge in [-0.05, 0) is 19.9 Å². The summed E-state index contributed by atoms with van der Waals surface area (Å²) in [4.78, 5) is 11.4. The summed E-state index contributed by atoms with van der Waals surface area (Å²) in [6.07, 6.45) is -7.39. The highest BCUT2D eigenvalue weighted by atomic mass is 19.4. The Morgan fingerprint density at radius 3 is 2.50 bits per heavy atom. The fraction of sp³-hybridized carbons (Fsp3) is 0.500. The molecule has 2 amide bonds. The van der Waals surface area contributed by atoms with Crippen molar-refractivity contribution < 1.29 is 27.8 Å². The number of aliphatic hydroxyl groups is 1. The lowest BCUT2D eigenvalue weighted by atomic mass is 10.2. The number of ether oxygens (including phenoxy) is 1. The van der Waals surface area contributed by atoms with Crippen LogP contribution >= 0.6 is 0 Å². The maximum absolute atomic E-state index is 12.1. The summed E-state index contributed by atoms with van der Waals surface area (Å²) in [6.45, 7) is 2.90. The van der Waals surface area contributed by atoms with Crippen LogP contribution in [0.3, 0.4) is 0 Å². The minimum atomic E-state index is -4.76. The molecule has 5 nitrogen and oxygen atoms in total. The summed E-state index contributed by atoms with van der Waals surface area (Å²) in [6, 6.07) is 6.21. The SMILES string of the molecule is CC(C)Oc1ccccc1CNC(=O)NC[C@H](O)C(F)(F)F. The maximum atomic E-state index is 12.1. The van der Waals surface area contributed by atoms with E-state index in [1.165, 1.54) is 0 Å². The van der Waals surface area contributed by atoms with Crippen LogP contribution in [0.2, 0.25) is 0 Å². The van der Waals surface area contributed by atoms with E-state index in [-0.39, 0.29) is 12.6 Å². The van der Waals surface area contributed by atoms with Crippen LogP contribution in [0.25, 0.3) is 0 Å². The Kier molecular flexibility index (Phi) is 6.48. The van der Waals surface area contributed by atoms with Crippen molar-refractivity contribution in [3.8, 4) is 5.75 Å². The summed E-state index contributed by atoms with van der Waals surface area (Å²) >= 11 is 0. The van der Waals surface area contributed by atoms with Gasteiger partial charge in [0.15, 0.2) is 6.10 Å². The molecule has 8 heteroatoms. The largest absolute Gasteiger partial charge is 0.491 e. The fourth-order valence-corrected chi connectivity index (χ4v) is 1.56. The Hall–Kier alpha value is -1.96. The van der Waals surface area contributed by atoms with Crippen LogP contribution in [-0.4, -0.2) is 36.1 Å². The number of halogens is 3. The minimum Gasteiger partial charge on any atom is -0.491 e. The van der Waals surface area contributed by atoms with Gasteiger partial charge in [0.1, 0.15) is 5.75 Å². The highest BCUT2D eigenvalue weighted by molar-refractivity contribution is 5.73. The number of nitrogens with one attached hydrogen (secondary N) is 2. The first-order valence-electron chi connectivity index (χ1n) is 6.71. The molecule has 0 aliphatic rings. The molecule has 1 aromatic carbocycles. The summed E-state index contributed by atoms with van der Waals surface area (Å²) in [5.41, 5.74) is 0.697. The van der Waals surface area contributed by atoms with E-state index >= 15 is 0 Å². The first kappa shape index (κ1) is 18.1. The van der Waals surface area contributed by atoms with Crippen molar-refractivity contribution in [2.45, 2.75) is 38.8 Å². The highest BCUT2D eigenvalue weighted by Gasteiger charge is 2.38. The second-order valence-corrected chi connectivity index (χ2v) is 4.90. The van der Waals surface area contributed by atoms with E-state index in [0.717, 1.165) is 0 Å². The Morgan fingerprint density at radius 2 is 1.91 bits per heavy atom. The van der Waals surface area contributed by atoms with Crippen molar-refractivity contribution in [2.24, 2.45) is 0 Å². The number of aliphatic hydroxyl groups excluding tert-OH is 1. The van der Waals surface area contributed by atoms with Crippen LogP contribution in [0.1, 0.15) is 19.4 Å². The molecule has 1 aromatic rings. The standard InChI is InChI=1S/C14H19F3N2O3/c1-9(2)22-11-6-4-3-5-10(11)7-18-13(21)19-8-12(20)14(15,16)17/h3-6,9,12,20H,7-8H2,1-2H3,(H2,18,19,21)/t12-/m0/s1. The van der Waals surface area contributed by atoms with Gasteiger partial charge in [0.25, 0.3) is 0 Å². The van der Waals surface area contributed by atoms with Crippen molar-refractivity contribution in [3.05, 3.63) is 29.8 Å². The zero-order valence-corrected chi connectivity index (χ0v) is 12.3. The summed E-state index contributed by atoms with van der Waals surface area (Å²) in [5.74, 6) is 0.591. The number of urea groups is 1. The predicted octanol–water partition coefficient (Wildman–Crippen LogP) is 2.20. The first-order valence-corrected chi connectivity index (χ1v) is 6.71. The molecule has 0 aliphatic heterocycles. The van der Waals surface area contributed by atoms with Gasteiger partial charge in [-0.3, -0.25) is 0 Å². The number of hydrogen-bond acceptors (Lipinski definition) is 3. The number of amides is 2. The van der Waals surface area contributed by atoms with Crippen LogP contribution in [0.15, 0.2) is 24.3 Å². The third-order valence-electron chi connectivity index (χ3n) is 2.61. The Morgan fingerprint density at radius 1 is 1.27 bits per heavy atom. The van der Waals surface area contributed by atoms with E-state index < -0.39 is 24.9 Å². The smallest absolute Gasteiger partial charge is 0.416 e. The maximum Gasteiger partial charge on any atom is 0.416 e. The van der Waals surface area contributed by atoms with Gasteiger partial charge in [-0.1, -0.05) is 18.2 Å². The van der Waals surface area contributed by atoms with E-state index in [9.17, 15) is 18.0 Å². The molecule has 1 atom stereocenters. The van der Waals surface area contributed by atoms with Crippen molar-refractivity contribution in [1.29, 1.82) is 0 Å². The number of alkyl halides is 3. The van der Waals surface area contributed by atoms with Crippen LogP contribution in [0.5, 0.6) is 5.75 Å². The van der Waals surface area contributed by atoms with Gasteiger partial charge >= 0.3 is 12.2 Å². The summed E-state index contributed by atoms with van der Waals surface area (Å²) in [7, 11) is 0. The highest BCUT2D eigenvalue weighted by Crippen LogP contribution is 2.20. The molecular weight excluding hydrogens is 301 g/mol. The predicted molar refractivity (Wildman–Crippen MR) is 74.5 cm³/mol. The zero-order chi connectivity index (χ0) is 16.8. The molecule has 124 valence electrons. The molecular formula is C14H19F3N2O3. The van der Waals surface area contributed by atoms with Crippen molar-refractivity contribution >= 4 is 6.03 Å². The van der Waals surface area contributed by atoms with E-state index in [4.69, 9.17) is 9.84 Å². The summed E-state index contributed by atoms with van der Waals surface area (Å²) < 4.78 is 41.8. The van der Waals surface area contributed by atoms with Gasteiger partial charge in [-0.15, -0.1) is 0 Å². The van der Waals surface area contributed by atoms with E-state index in [0.29, 0.717) is 11.3 Å². The second kappa shape index (κ2) is 7.88. The average molecular weight is 320 g/mol. The lowest BCUT2D eigenvalue weighted by Crippen LogP contribution is -2.44. The minimum absolute atomic E-state index is 0.0445. The average Bonchev–Trinajstić information content (AvgIpc) is 2.42. The molecule has 3 N–H and O–H groups in total. The molecule has 0 spiro atoms. The zero-order valence-electron chi connectivity index (χ0n) is 12.3. The van der Waals surface area contributed by atoms with Gasteiger partial charge in [-0.2, -0.15) is 13.2 Å². The van der Waals surface area contributed by atoms with E-state index in [2.05, 4.69) is 5.32 Å². The normalized spacial score (nSPS) is 12.9. The molecule has 0 saturated carbocycles. The number of para-hydroxylation sites is 1. The topological polar surface area (TPSA) is 70.6 Å². The van der Waals surface area contributed by atoms with Gasteiger partial charge in [0, 0.05) is 12.1 Å². The Labute approximate surface area is 126 Å². The van der Waals surface area contributed by atoms with Crippen molar-refractivity contribution in [2.75, 3.05) is 6.54 Å². The molecule has 0 aliphatic carbocycles. The molecule has 0 bridgehead atoms. The molecule has 22 heavy (non-hydrogen) atoms. The molecule has 0 saturated heterocycles. The molecule has 0 heterocycles. The molecule has 0 radical (unpaired) electrons. The van der Waals surface area contributed by atoms with Gasteiger partial charge in [-0.25, -0.2) is 4.79 Å². The van der Waals surface area contributed by atoms with Crippen molar-refractivity contribution in [1.82, 2.24) is 10.6 Å². The monoisotopic (exact) mass is 320 g/mol. The first-order chi connectivity index (χ1) is 10.2. The van der Waals surface area contributed by atoms with Crippen LogP contribution in [0, 0.1) is 0 Å². The van der Waals surface area contributed by atoms with Gasteiger partial charge in [0.2, 0.25) is 0 Å². The molecule has 0 fully saturated rings. The van der Waals surface area contributed by atoms with Gasteiger partial charge in [0.05, 0.1) is 12.6 Å². The van der Waals surface area contributed by atoms with E-state index in [1.54, 1.807) is 24.3 Å². The number of rotatable bonds is 6. The lowest BCUT2D eigenvalue weighted by molar-refractivity contribution is -0.201. The fourth-order valence-electron chi connectivity index (χ4n) is 1.56. The number of hydrogen-bond donors (Lipinski definition) is 3. The Bertz CT molecular complexity index is 492. The third kappa shape index (κ3) is 6.21. The molecule has 1 rings (SSSR count). The van der Waals surface area contributed by atoms with Crippen LogP contribution in [-0.2, 0) is 6.54 Å². The Balaban J connectivity index is 2.48. The number of carbonyl (C=O) groups excluding carboxylic acids is 1. The lowest BCUT2D eigenvalue weighted by Gasteiger charge is -2.16. The van der Waals surface area contributed by atoms with Crippen molar-refractivity contribution in [3.63, 3.8) is 0 Å². The van der Waals surface area contributed by atoms with Gasteiger partial charge < -0.3 is 20.5 Å². The summed E-state index contributed by atoms with van der Waals surface area (Å²) in [5, 5.41) is 13.1. The van der Waals surface area contributed by atoms with E-state index in [1.807, 2.05) is 19.2 Å².